The first kappa shape index (κ1) is 13.6. The summed E-state index contributed by atoms with van der Waals surface area (Å²) in [6.07, 6.45) is 0. The van der Waals surface area contributed by atoms with Gasteiger partial charge in [0.05, 0.1) is 11.7 Å². The third-order valence-corrected chi connectivity index (χ3v) is 2.76. The van der Waals surface area contributed by atoms with Crippen LogP contribution < -0.4 is 5.32 Å². The van der Waals surface area contributed by atoms with Crippen LogP contribution in [-0.4, -0.2) is 11.1 Å². The molecular formula is C14H11FN2O3. The number of carboxylic acid groups (broad SMARTS) is 1. The van der Waals surface area contributed by atoms with E-state index in [1.165, 1.54) is 24.3 Å². The summed E-state index contributed by atoms with van der Waals surface area (Å²) in [7, 11) is 0. The molecule has 102 valence electrons. The molecule has 0 amide bonds. The summed E-state index contributed by atoms with van der Waals surface area (Å²) in [5, 5.41) is 20.6. The van der Waals surface area contributed by atoms with Gasteiger partial charge in [-0.15, -0.1) is 0 Å². The van der Waals surface area contributed by atoms with Crippen LogP contribution in [0, 0.1) is 17.1 Å². The molecule has 0 radical (unpaired) electrons. The van der Waals surface area contributed by atoms with Crippen LogP contribution in [0.15, 0.2) is 34.7 Å². The third-order valence-electron chi connectivity index (χ3n) is 2.76. The molecule has 1 aromatic heterocycles. The van der Waals surface area contributed by atoms with Crippen LogP contribution in [0.2, 0.25) is 0 Å². The van der Waals surface area contributed by atoms with Gasteiger partial charge >= 0.3 is 5.97 Å². The van der Waals surface area contributed by atoms with E-state index in [-0.39, 0.29) is 11.3 Å². The van der Waals surface area contributed by atoms with Crippen molar-refractivity contribution in [2.75, 3.05) is 5.32 Å². The van der Waals surface area contributed by atoms with E-state index in [9.17, 15) is 9.18 Å². The molecule has 0 aliphatic rings. The maximum absolute atomic E-state index is 13.4. The number of nitrogens with one attached hydrogen (secondary N) is 1. The Balaban J connectivity index is 2.23. The molecule has 20 heavy (non-hydrogen) atoms. The summed E-state index contributed by atoms with van der Waals surface area (Å²) < 4.78 is 18.6. The lowest BCUT2D eigenvalue weighted by Crippen LogP contribution is -2.07. The Labute approximate surface area is 114 Å². The minimum atomic E-state index is -1.16. The third kappa shape index (κ3) is 2.62. The lowest BCUT2D eigenvalue weighted by molar-refractivity contribution is 0.0660. The van der Waals surface area contributed by atoms with Crippen LogP contribution in [0.4, 0.5) is 10.1 Å². The van der Waals surface area contributed by atoms with Gasteiger partial charge in [-0.1, -0.05) is 6.07 Å². The quantitative estimate of drug-likeness (QED) is 0.894. The van der Waals surface area contributed by atoms with Gasteiger partial charge in [-0.2, -0.15) is 5.26 Å². The first-order chi connectivity index (χ1) is 9.52. The van der Waals surface area contributed by atoms with E-state index in [0.717, 1.165) is 0 Å². The van der Waals surface area contributed by atoms with E-state index >= 15 is 0 Å². The number of hydrogen-bond donors (Lipinski definition) is 2. The summed E-state index contributed by atoms with van der Waals surface area (Å²) in [5.41, 5.74) is 0.234. The number of aromatic carboxylic acids is 1. The molecule has 2 rings (SSSR count). The van der Waals surface area contributed by atoms with Crippen LogP contribution in [0.3, 0.4) is 0 Å². The average Bonchev–Trinajstić information content (AvgIpc) is 2.89. The van der Waals surface area contributed by atoms with Crippen molar-refractivity contribution in [3.05, 3.63) is 53.2 Å². The van der Waals surface area contributed by atoms with Gasteiger partial charge in [0.25, 0.3) is 0 Å². The number of nitriles is 1. The summed E-state index contributed by atoms with van der Waals surface area (Å²) >= 11 is 0. The van der Waals surface area contributed by atoms with Crippen molar-refractivity contribution in [2.24, 2.45) is 0 Å². The highest BCUT2D eigenvalue weighted by molar-refractivity contribution is 5.84. The highest BCUT2D eigenvalue weighted by Crippen LogP contribution is 2.25. The molecule has 5 nitrogen and oxygen atoms in total. The van der Waals surface area contributed by atoms with Gasteiger partial charge in [0.2, 0.25) is 5.76 Å². The average molecular weight is 274 g/mol. The predicted molar refractivity (Wildman–Crippen MR) is 68.8 cm³/mol. The van der Waals surface area contributed by atoms with E-state index in [2.05, 4.69) is 5.32 Å². The Bertz CT molecular complexity index is 688. The first-order valence-electron chi connectivity index (χ1n) is 5.81. The number of benzene rings is 1. The van der Waals surface area contributed by atoms with Crippen molar-refractivity contribution in [2.45, 2.75) is 13.0 Å². The molecule has 1 unspecified atom stereocenters. The molecule has 1 atom stereocenters. The predicted octanol–water partition coefficient (Wildman–Crippen LogP) is 3.16. The molecule has 0 aliphatic carbocycles. The monoisotopic (exact) mass is 274 g/mol. The molecule has 2 aromatic rings. The normalized spacial score (nSPS) is 11.7. The Morgan fingerprint density at radius 2 is 2.20 bits per heavy atom. The topological polar surface area (TPSA) is 86.3 Å². The second kappa shape index (κ2) is 5.45. The van der Waals surface area contributed by atoms with Gasteiger partial charge in [-0.25, -0.2) is 9.18 Å². The zero-order valence-electron chi connectivity index (χ0n) is 10.6. The Hall–Kier alpha value is -2.81. The molecule has 0 fully saturated rings. The molecule has 1 aromatic carbocycles. The second-order valence-electron chi connectivity index (χ2n) is 4.15. The first-order valence-corrected chi connectivity index (χ1v) is 5.81. The van der Waals surface area contributed by atoms with Gasteiger partial charge in [0.1, 0.15) is 23.2 Å². The van der Waals surface area contributed by atoms with Crippen molar-refractivity contribution in [3.8, 4) is 6.07 Å². The number of anilines is 1. The fourth-order valence-corrected chi connectivity index (χ4v) is 1.76. The van der Waals surface area contributed by atoms with Crippen molar-refractivity contribution in [3.63, 3.8) is 0 Å². The molecular weight excluding hydrogens is 263 g/mol. The van der Waals surface area contributed by atoms with E-state index in [1.807, 2.05) is 0 Å². The molecule has 1 heterocycles. The standard InChI is InChI=1S/C14H11FN2O3/c1-8(12-5-6-13(20-12)14(18)19)17-11-4-2-3-10(15)9(11)7-16/h2-6,8,17H,1H3,(H,18,19). The lowest BCUT2D eigenvalue weighted by Gasteiger charge is -2.14. The number of halogens is 1. The zero-order valence-corrected chi connectivity index (χ0v) is 10.6. The van der Waals surface area contributed by atoms with Crippen LogP contribution >= 0.6 is 0 Å². The fourth-order valence-electron chi connectivity index (χ4n) is 1.76. The number of furan rings is 1. The Kier molecular flexibility index (Phi) is 3.71. The van der Waals surface area contributed by atoms with E-state index in [4.69, 9.17) is 14.8 Å². The highest BCUT2D eigenvalue weighted by atomic mass is 19.1. The highest BCUT2D eigenvalue weighted by Gasteiger charge is 2.16. The molecule has 6 heteroatoms. The number of rotatable bonds is 4. The smallest absolute Gasteiger partial charge is 0.371 e. The van der Waals surface area contributed by atoms with Crippen molar-refractivity contribution >= 4 is 11.7 Å². The van der Waals surface area contributed by atoms with Crippen molar-refractivity contribution in [1.29, 1.82) is 5.26 Å². The zero-order chi connectivity index (χ0) is 14.7. The van der Waals surface area contributed by atoms with E-state index < -0.39 is 17.8 Å². The lowest BCUT2D eigenvalue weighted by atomic mass is 10.1. The molecule has 0 aliphatic heterocycles. The van der Waals surface area contributed by atoms with Crippen molar-refractivity contribution < 1.29 is 18.7 Å². The fraction of sp³-hybridized carbons (Fsp3) is 0.143. The molecule has 0 saturated carbocycles. The van der Waals surface area contributed by atoms with E-state index in [1.54, 1.807) is 19.1 Å². The Morgan fingerprint density at radius 1 is 1.45 bits per heavy atom. The summed E-state index contributed by atoms with van der Waals surface area (Å²) in [5.74, 6) is -1.56. The summed E-state index contributed by atoms with van der Waals surface area (Å²) in [6.45, 7) is 1.72. The van der Waals surface area contributed by atoms with Gasteiger partial charge in [0.15, 0.2) is 0 Å². The van der Waals surface area contributed by atoms with Crippen LogP contribution in [-0.2, 0) is 0 Å². The Morgan fingerprint density at radius 3 is 2.80 bits per heavy atom. The van der Waals surface area contributed by atoms with Crippen LogP contribution in [0.5, 0.6) is 0 Å². The molecule has 0 saturated heterocycles. The molecule has 2 N–H and O–H groups in total. The number of carboxylic acids is 1. The maximum Gasteiger partial charge on any atom is 0.371 e. The molecule has 0 spiro atoms. The van der Waals surface area contributed by atoms with E-state index in [0.29, 0.717) is 11.4 Å². The minimum Gasteiger partial charge on any atom is -0.475 e. The van der Waals surface area contributed by atoms with Gasteiger partial charge < -0.3 is 14.8 Å². The number of nitrogens with zero attached hydrogens (tertiary/aromatic N) is 1. The number of carbonyl (C=O) groups is 1. The molecule has 0 bridgehead atoms. The van der Waals surface area contributed by atoms with Crippen LogP contribution in [0.1, 0.15) is 34.8 Å². The minimum absolute atomic E-state index is 0.0932. The van der Waals surface area contributed by atoms with Gasteiger partial charge in [-0.05, 0) is 31.2 Å². The largest absolute Gasteiger partial charge is 0.475 e. The van der Waals surface area contributed by atoms with Crippen LogP contribution in [0.25, 0.3) is 0 Å². The summed E-state index contributed by atoms with van der Waals surface area (Å²) in [6, 6.07) is 8.49. The van der Waals surface area contributed by atoms with Crippen molar-refractivity contribution in [1.82, 2.24) is 0 Å². The second-order valence-corrected chi connectivity index (χ2v) is 4.15. The number of hydrogen-bond acceptors (Lipinski definition) is 4. The maximum atomic E-state index is 13.4. The van der Waals surface area contributed by atoms with Gasteiger partial charge in [-0.3, -0.25) is 0 Å². The van der Waals surface area contributed by atoms with Gasteiger partial charge in [0, 0.05) is 0 Å². The summed E-state index contributed by atoms with van der Waals surface area (Å²) in [4.78, 5) is 10.7. The SMILES string of the molecule is CC(Nc1cccc(F)c1C#N)c1ccc(C(=O)O)o1.